The molecule has 1 rings (SSSR count). The minimum Gasteiger partial charge on any atom is -0.444 e. The smallest absolute Gasteiger partial charge is 0.407 e. The van der Waals surface area contributed by atoms with Gasteiger partial charge in [-0.1, -0.05) is 24.9 Å². The van der Waals surface area contributed by atoms with Crippen LogP contribution in [0.1, 0.15) is 49.5 Å². The van der Waals surface area contributed by atoms with E-state index in [0.717, 1.165) is 24.8 Å². The van der Waals surface area contributed by atoms with Crippen LogP contribution >= 0.6 is 12.8 Å². The van der Waals surface area contributed by atoms with Crippen molar-refractivity contribution < 1.29 is 14.3 Å². The molecule has 0 aliphatic heterocycles. The summed E-state index contributed by atoms with van der Waals surface area (Å²) < 4.78 is 7.45. The molecule has 0 radical (unpaired) electrons. The first-order valence-corrected chi connectivity index (χ1v) is 7.77. The van der Waals surface area contributed by atoms with Gasteiger partial charge in [-0.05, 0) is 57.7 Å². The summed E-state index contributed by atoms with van der Waals surface area (Å²) >= 11 is 3.73. The predicted octanol–water partition coefficient (Wildman–Crippen LogP) is 3.11. The summed E-state index contributed by atoms with van der Waals surface area (Å²) in [5.41, 5.74) is 1.28. The van der Waals surface area contributed by atoms with Crippen LogP contribution in [0.5, 0.6) is 0 Å². The Kier molecular flexibility index (Phi) is 7.24. The molecule has 5 nitrogen and oxygen atoms in total. The Morgan fingerprint density at radius 3 is 2.32 bits per heavy atom. The minimum absolute atomic E-state index is 0.212. The van der Waals surface area contributed by atoms with Gasteiger partial charge in [0.15, 0.2) is 0 Å². The molecule has 1 aromatic rings. The highest BCUT2D eigenvalue weighted by atomic mass is 32.1. The second-order valence-corrected chi connectivity index (χ2v) is 6.25. The van der Waals surface area contributed by atoms with Crippen LogP contribution < -0.4 is 10.0 Å². The molecular weight excluding hydrogens is 300 g/mol. The molecule has 0 saturated carbocycles. The summed E-state index contributed by atoms with van der Waals surface area (Å²) in [6.07, 6.45) is 2.35. The second-order valence-electron chi connectivity index (χ2n) is 6.02. The Balaban J connectivity index is 2.22. The normalized spacial score (nSPS) is 10.9. The van der Waals surface area contributed by atoms with Crippen LogP contribution in [-0.2, 0) is 11.2 Å². The molecule has 0 fully saturated rings. The van der Waals surface area contributed by atoms with E-state index in [2.05, 4.69) is 22.9 Å². The number of amides is 2. The summed E-state index contributed by atoms with van der Waals surface area (Å²) in [6.45, 7) is 6.10. The third-order valence-electron chi connectivity index (χ3n) is 2.88. The number of aryl methyl sites for hydroxylation is 1. The van der Waals surface area contributed by atoms with Gasteiger partial charge in [0.25, 0.3) is 5.91 Å². The fourth-order valence-electron chi connectivity index (χ4n) is 1.85. The van der Waals surface area contributed by atoms with Gasteiger partial charge < -0.3 is 10.1 Å². The van der Waals surface area contributed by atoms with Crippen molar-refractivity contribution in [3.63, 3.8) is 0 Å². The Bertz CT molecular complexity index is 495. The van der Waals surface area contributed by atoms with Crippen LogP contribution in [0.3, 0.4) is 0 Å². The van der Waals surface area contributed by atoms with Gasteiger partial charge in [0, 0.05) is 12.1 Å². The molecule has 0 aromatic heterocycles. The van der Waals surface area contributed by atoms with E-state index in [9.17, 15) is 9.59 Å². The maximum absolute atomic E-state index is 11.4. The first-order chi connectivity index (χ1) is 10.3. The molecule has 0 saturated heterocycles. The van der Waals surface area contributed by atoms with Crippen molar-refractivity contribution in [3.05, 3.63) is 35.4 Å². The third kappa shape index (κ3) is 7.36. The summed E-state index contributed by atoms with van der Waals surface area (Å²) in [7, 11) is 0. The Morgan fingerprint density at radius 1 is 1.14 bits per heavy atom. The van der Waals surface area contributed by atoms with E-state index in [1.165, 1.54) is 0 Å². The van der Waals surface area contributed by atoms with E-state index in [4.69, 9.17) is 4.74 Å². The molecule has 2 N–H and O–H groups in total. The number of rotatable bonds is 6. The lowest BCUT2D eigenvalue weighted by molar-refractivity contribution is 0.0527. The van der Waals surface area contributed by atoms with E-state index >= 15 is 0 Å². The number of hydrogen-bond donors (Lipinski definition) is 3. The minimum atomic E-state index is -0.467. The quantitative estimate of drug-likeness (QED) is 0.556. The lowest BCUT2D eigenvalue weighted by atomic mass is 10.1. The molecule has 6 heteroatoms. The van der Waals surface area contributed by atoms with Gasteiger partial charge in [0.1, 0.15) is 5.60 Å². The maximum Gasteiger partial charge on any atom is 0.407 e. The van der Waals surface area contributed by atoms with Gasteiger partial charge >= 0.3 is 6.09 Å². The molecule has 0 spiro atoms. The Morgan fingerprint density at radius 2 is 1.77 bits per heavy atom. The van der Waals surface area contributed by atoms with E-state index in [1.54, 1.807) is 12.1 Å². The first kappa shape index (κ1) is 18.4. The average molecular weight is 324 g/mol. The summed E-state index contributed by atoms with van der Waals surface area (Å²) in [6, 6.07) is 7.42. The SMILES string of the molecule is CC(C)(C)OC(=O)NCCCCc1ccc(C(=O)NS)cc1. The first-order valence-electron chi connectivity index (χ1n) is 7.32. The van der Waals surface area contributed by atoms with Crippen molar-refractivity contribution in [1.82, 2.24) is 10.0 Å². The van der Waals surface area contributed by atoms with Crippen molar-refractivity contribution in [1.29, 1.82) is 0 Å². The predicted molar refractivity (Wildman–Crippen MR) is 90.1 cm³/mol. The van der Waals surface area contributed by atoms with E-state index in [1.807, 2.05) is 32.9 Å². The number of unbranched alkanes of at least 4 members (excludes halogenated alkanes) is 1. The van der Waals surface area contributed by atoms with E-state index in [-0.39, 0.29) is 12.0 Å². The molecular formula is C16H24N2O3S. The number of carbonyl (C=O) groups excluding carboxylic acids is 2. The topological polar surface area (TPSA) is 67.4 Å². The zero-order valence-corrected chi connectivity index (χ0v) is 14.2. The van der Waals surface area contributed by atoms with E-state index < -0.39 is 5.60 Å². The number of ether oxygens (including phenoxy) is 1. The monoisotopic (exact) mass is 324 g/mol. The largest absolute Gasteiger partial charge is 0.444 e. The number of benzene rings is 1. The Labute approximate surface area is 137 Å². The zero-order chi connectivity index (χ0) is 16.6. The van der Waals surface area contributed by atoms with Crippen LogP contribution in [0.15, 0.2) is 24.3 Å². The standard InChI is InChI=1S/C16H24N2O3S/c1-16(2,3)21-15(20)17-11-5-4-6-12-7-9-13(10-8-12)14(19)18-22/h7-10,22H,4-6,11H2,1-3H3,(H,17,20)(H,18,19). The molecule has 0 bridgehead atoms. The highest BCUT2D eigenvalue weighted by molar-refractivity contribution is 7.78. The maximum atomic E-state index is 11.4. The van der Waals surface area contributed by atoms with E-state index in [0.29, 0.717) is 12.1 Å². The summed E-state index contributed by atoms with van der Waals surface area (Å²) in [5, 5.41) is 2.73. The molecule has 1 aromatic carbocycles. The molecule has 0 heterocycles. The molecule has 0 unspecified atom stereocenters. The van der Waals surface area contributed by atoms with Crippen molar-refractivity contribution >= 4 is 24.8 Å². The molecule has 22 heavy (non-hydrogen) atoms. The van der Waals surface area contributed by atoms with Crippen molar-refractivity contribution in [3.8, 4) is 0 Å². The zero-order valence-electron chi connectivity index (χ0n) is 13.3. The summed E-state index contributed by atoms with van der Waals surface area (Å²) in [5.74, 6) is -0.212. The molecule has 0 atom stereocenters. The van der Waals surface area contributed by atoms with Crippen LogP contribution in [0.2, 0.25) is 0 Å². The number of alkyl carbamates (subject to hydrolysis) is 1. The van der Waals surface area contributed by atoms with Crippen LogP contribution in [0, 0.1) is 0 Å². The number of thiol groups is 1. The molecule has 0 aliphatic rings. The highest BCUT2D eigenvalue weighted by Crippen LogP contribution is 2.09. The van der Waals surface area contributed by atoms with Gasteiger partial charge in [-0.15, -0.1) is 0 Å². The number of hydrogen-bond acceptors (Lipinski definition) is 4. The third-order valence-corrected chi connectivity index (χ3v) is 3.08. The number of carbonyl (C=O) groups is 2. The van der Waals surface area contributed by atoms with Crippen molar-refractivity contribution in [2.24, 2.45) is 0 Å². The van der Waals surface area contributed by atoms with Crippen LogP contribution in [0.4, 0.5) is 4.79 Å². The van der Waals surface area contributed by atoms with Gasteiger partial charge in [-0.3, -0.25) is 9.52 Å². The van der Waals surface area contributed by atoms with Crippen LogP contribution in [-0.4, -0.2) is 24.1 Å². The highest BCUT2D eigenvalue weighted by Gasteiger charge is 2.15. The van der Waals surface area contributed by atoms with Crippen molar-refractivity contribution in [2.75, 3.05) is 6.54 Å². The molecule has 0 aliphatic carbocycles. The fraction of sp³-hybridized carbons (Fsp3) is 0.500. The Hall–Kier alpha value is -1.69. The molecule has 2 amide bonds. The molecule has 122 valence electrons. The van der Waals surface area contributed by atoms with Crippen LogP contribution in [0.25, 0.3) is 0 Å². The average Bonchev–Trinajstić information content (AvgIpc) is 2.45. The van der Waals surface area contributed by atoms with Gasteiger partial charge in [0.2, 0.25) is 0 Å². The van der Waals surface area contributed by atoms with Gasteiger partial charge in [0.05, 0.1) is 0 Å². The van der Waals surface area contributed by atoms with Crippen molar-refractivity contribution in [2.45, 2.75) is 45.6 Å². The second kappa shape index (κ2) is 8.68. The van der Waals surface area contributed by atoms with Gasteiger partial charge in [-0.25, -0.2) is 4.79 Å². The lowest BCUT2D eigenvalue weighted by Gasteiger charge is -2.19. The summed E-state index contributed by atoms with van der Waals surface area (Å²) in [4.78, 5) is 22.8. The lowest BCUT2D eigenvalue weighted by Crippen LogP contribution is -2.33. The van der Waals surface area contributed by atoms with Gasteiger partial charge in [-0.2, -0.15) is 0 Å². The fourth-order valence-corrected chi connectivity index (χ4v) is 1.98. The number of nitrogens with one attached hydrogen (secondary N) is 2.